The minimum Gasteiger partial charge on any atom is -0.497 e. The summed E-state index contributed by atoms with van der Waals surface area (Å²) in [5.74, 6) is -0.496. The number of aliphatic carboxylic acids is 1. The molecule has 2 N–H and O–H groups in total. The Morgan fingerprint density at radius 1 is 1.22 bits per heavy atom. The molecule has 0 radical (unpaired) electrons. The highest BCUT2D eigenvalue weighted by Crippen LogP contribution is 2.34. The van der Waals surface area contributed by atoms with Crippen molar-refractivity contribution in [2.45, 2.75) is 38.2 Å². The number of hydrogen-bond donors (Lipinski definition) is 2. The summed E-state index contributed by atoms with van der Waals surface area (Å²) in [4.78, 5) is 18.7. The van der Waals surface area contributed by atoms with Gasteiger partial charge in [-0.05, 0) is 98.6 Å². The fraction of sp³-hybridized carbons (Fsp3) is 0.429. The van der Waals surface area contributed by atoms with Crippen LogP contribution in [0.5, 0.6) is 5.75 Å². The number of nitrogens with zero attached hydrogens (tertiary/aromatic N) is 2. The van der Waals surface area contributed by atoms with Crippen molar-refractivity contribution in [3.05, 3.63) is 69.8 Å². The highest BCUT2D eigenvalue weighted by Gasteiger charge is 2.34. The first-order valence-corrected chi connectivity index (χ1v) is 13.1. The Morgan fingerprint density at radius 2 is 2.00 bits per heavy atom. The molecule has 8 heteroatoms. The van der Waals surface area contributed by atoms with E-state index >= 15 is 0 Å². The Kier molecular flexibility index (Phi) is 9.07. The summed E-state index contributed by atoms with van der Waals surface area (Å²) in [6.45, 7) is 2.16. The van der Waals surface area contributed by atoms with Crippen LogP contribution in [0.3, 0.4) is 0 Å². The summed E-state index contributed by atoms with van der Waals surface area (Å²) < 4.78 is 5.33. The van der Waals surface area contributed by atoms with Crippen LogP contribution >= 0.6 is 23.2 Å². The summed E-state index contributed by atoms with van der Waals surface area (Å²) in [7, 11) is 1.61. The van der Waals surface area contributed by atoms with Crippen LogP contribution in [-0.2, 0) is 11.2 Å². The van der Waals surface area contributed by atoms with Crippen molar-refractivity contribution in [3.63, 3.8) is 0 Å². The number of carbonyl (C=O) groups is 1. The predicted octanol–water partition coefficient (Wildman–Crippen LogP) is 6.02. The van der Waals surface area contributed by atoms with Crippen molar-refractivity contribution in [1.82, 2.24) is 9.88 Å². The minimum absolute atomic E-state index is 0.0223. The first-order chi connectivity index (χ1) is 17.4. The highest BCUT2D eigenvalue weighted by molar-refractivity contribution is 6.35. The van der Waals surface area contributed by atoms with Gasteiger partial charge in [0.05, 0.1) is 24.6 Å². The first kappa shape index (κ1) is 26.7. The van der Waals surface area contributed by atoms with Crippen molar-refractivity contribution in [1.29, 1.82) is 0 Å². The number of rotatable bonds is 10. The van der Waals surface area contributed by atoms with Crippen LogP contribution in [0.25, 0.3) is 10.9 Å². The van der Waals surface area contributed by atoms with Gasteiger partial charge in [0.2, 0.25) is 0 Å². The van der Waals surface area contributed by atoms with Gasteiger partial charge in [-0.2, -0.15) is 0 Å². The molecule has 1 aliphatic heterocycles. The van der Waals surface area contributed by atoms with Crippen LogP contribution in [0.15, 0.2) is 48.7 Å². The number of aliphatic hydroxyl groups is 1. The van der Waals surface area contributed by atoms with E-state index in [1.165, 1.54) is 0 Å². The number of carboxylic acids is 1. The van der Waals surface area contributed by atoms with E-state index in [1.807, 2.05) is 42.5 Å². The molecule has 0 amide bonds. The van der Waals surface area contributed by atoms with Crippen LogP contribution < -0.4 is 4.74 Å². The maximum atomic E-state index is 12.1. The molecule has 2 aromatic carbocycles. The molecule has 0 unspecified atom stereocenters. The SMILES string of the molecule is COc1ccc2nccc([C@H](O)CC[C@@H]3CCN(CCCc4c(Cl)cccc4Cl)C[C@@H]3C(=O)O)c2c1. The normalized spacial score (nSPS) is 19.3. The van der Waals surface area contributed by atoms with E-state index < -0.39 is 18.0 Å². The van der Waals surface area contributed by atoms with Crippen molar-refractivity contribution in [3.8, 4) is 5.75 Å². The Labute approximate surface area is 221 Å². The summed E-state index contributed by atoms with van der Waals surface area (Å²) in [5.41, 5.74) is 2.53. The lowest BCUT2D eigenvalue weighted by atomic mass is 9.81. The predicted molar refractivity (Wildman–Crippen MR) is 143 cm³/mol. The maximum absolute atomic E-state index is 12.1. The monoisotopic (exact) mass is 530 g/mol. The lowest BCUT2D eigenvalue weighted by molar-refractivity contribution is -0.146. The van der Waals surface area contributed by atoms with E-state index in [-0.39, 0.29) is 5.92 Å². The summed E-state index contributed by atoms with van der Waals surface area (Å²) >= 11 is 12.6. The Balaban J connectivity index is 1.34. The summed E-state index contributed by atoms with van der Waals surface area (Å²) in [6, 6.07) is 13.0. The van der Waals surface area contributed by atoms with E-state index in [4.69, 9.17) is 27.9 Å². The molecule has 3 aromatic rings. The number of ether oxygens (including phenoxy) is 1. The molecule has 1 fully saturated rings. The van der Waals surface area contributed by atoms with E-state index in [0.29, 0.717) is 35.2 Å². The number of methoxy groups -OCH3 is 1. The largest absolute Gasteiger partial charge is 0.497 e. The van der Waals surface area contributed by atoms with Gasteiger partial charge in [-0.1, -0.05) is 29.3 Å². The molecule has 1 aliphatic rings. The number of hydrogen-bond acceptors (Lipinski definition) is 5. The zero-order valence-corrected chi connectivity index (χ0v) is 21.9. The standard InChI is InChI=1S/C28H32Cl2N2O4/c1-36-19-8-9-26-22(16-19)20(11-13-31-26)27(33)10-7-18-12-15-32(17-23(18)28(34)35)14-3-4-21-24(29)5-2-6-25(21)30/h2,5-6,8-9,11,13,16,18,23,27,33H,3-4,7,10,12,14-15,17H2,1H3,(H,34,35)/t18-,23+,27-/m1/s1. The molecule has 4 rings (SSSR count). The van der Waals surface area contributed by atoms with Gasteiger partial charge < -0.3 is 19.8 Å². The Morgan fingerprint density at radius 3 is 2.72 bits per heavy atom. The van der Waals surface area contributed by atoms with Crippen molar-refractivity contribution < 1.29 is 19.7 Å². The van der Waals surface area contributed by atoms with Crippen LogP contribution in [0.1, 0.15) is 42.9 Å². The van der Waals surface area contributed by atoms with Gasteiger partial charge in [0.1, 0.15) is 5.75 Å². The molecule has 192 valence electrons. The third-order valence-electron chi connectivity index (χ3n) is 7.27. The summed E-state index contributed by atoms with van der Waals surface area (Å²) in [6.07, 6.45) is 4.55. The molecular formula is C28H32Cl2N2O4. The number of likely N-dealkylation sites (tertiary alicyclic amines) is 1. The second kappa shape index (κ2) is 12.2. The molecule has 3 atom stereocenters. The van der Waals surface area contributed by atoms with Crippen LogP contribution in [0.4, 0.5) is 0 Å². The molecule has 1 aromatic heterocycles. The number of aromatic nitrogens is 1. The van der Waals surface area contributed by atoms with Crippen LogP contribution in [-0.4, -0.2) is 52.8 Å². The average molecular weight is 531 g/mol. The molecule has 1 saturated heterocycles. The van der Waals surface area contributed by atoms with Gasteiger partial charge in [-0.15, -0.1) is 0 Å². The van der Waals surface area contributed by atoms with Gasteiger partial charge in [0, 0.05) is 28.2 Å². The summed E-state index contributed by atoms with van der Waals surface area (Å²) in [5, 5.41) is 23.1. The fourth-order valence-electron chi connectivity index (χ4n) is 5.24. The first-order valence-electron chi connectivity index (χ1n) is 12.4. The molecule has 0 spiro atoms. The van der Waals surface area contributed by atoms with Gasteiger partial charge in [-0.25, -0.2) is 0 Å². The molecule has 0 aliphatic carbocycles. The van der Waals surface area contributed by atoms with E-state index in [9.17, 15) is 15.0 Å². The van der Waals surface area contributed by atoms with Gasteiger partial charge in [0.15, 0.2) is 0 Å². The van der Waals surface area contributed by atoms with Crippen molar-refractivity contribution >= 4 is 40.1 Å². The smallest absolute Gasteiger partial charge is 0.308 e. The fourth-order valence-corrected chi connectivity index (χ4v) is 5.83. The van der Waals surface area contributed by atoms with Gasteiger partial charge >= 0.3 is 5.97 Å². The number of pyridine rings is 1. The molecule has 6 nitrogen and oxygen atoms in total. The van der Waals surface area contributed by atoms with E-state index in [1.54, 1.807) is 13.3 Å². The lowest BCUT2D eigenvalue weighted by Gasteiger charge is -2.37. The zero-order valence-electron chi connectivity index (χ0n) is 20.4. The van der Waals surface area contributed by atoms with E-state index in [0.717, 1.165) is 54.4 Å². The van der Waals surface area contributed by atoms with Crippen molar-refractivity contribution in [2.24, 2.45) is 11.8 Å². The van der Waals surface area contributed by atoms with Crippen LogP contribution in [0, 0.1) is 11.8 Å². The number of benzene rings is 2. The quantitative estimate of drug-likeness (QED) is 0.333. The van der Waals surface area contributed by atoms with Crippen molar-refractivity contribution in [2.75, 3.05) is 26.7 Å². The zero-order chi connectivity index (χ0) is 25.7. The average Bonchev–Trinajstić information content (AvgIpc) is 2.88. The molecule has 0 bridgehead atoms. The second-order valence-electron chi connectivity index (χ2n) is 9.47. The number of aliphatic hydroxyl groups excluding tert-OH is 1. The third-order valence-corrected chi connectivity index (χ3v) is 7.98. The number of carboxylic acid groups (broad SMARTS) is 1. The third kappa shape index (κ3) is 6.30. The number of piperidine rings is 1. The molecule has 2 heterocycles. The van der Waals surface area contributed by atoms with Crippen LogP contribution in [0.2, 0.25) is 10.0 Å². The highest BCUT2D eigenvalue weighted by atomic mass is 35.5. The Bertz CT molecular complexity index is 1190. The minimum atomic E-state index is -0.771. The maximum Gasteiger partial charge on any atom is 0.308 e. The number of halogens is 2. The molecule has 0 saturated carbocycles. The second-order valence-corrected chi connectivity index (χ2v) is 10.3. The topological polar surface area (TPSA) is 82.9 Å². The lowest BCUT2D eigenvalue weighted by Crippen LogP contribution is -2.44. The number of fused-ring (bicyclic) bond motifs is 1. The van der Waals surface area contributed by atoms with Gasteiger partial charge in [-0.3, -0.25) is 9.78 Å². The van der Waals surface area contributed by atoms with Gasteiger partial charge in [0.25, 0.3) is 0 Å². The Hall–Kier alpha value is -2.38. The molecular weight excluding hydrogens is 499 g/mol. The molecule has 36 heavy (non-hydrogen) atoms. The van der Waals surface area contributed by atoms with E-state index in [2.05, 4.69) is 9.88 Å².